The van der Waals surface area contributed by atoms with Gasteiger partial charge in [0, 0.05) is 17.6 Å². The number of rotatable bonds is 6. The zero-order valence-electron chi connectivity index (χ0n) is 16.7. The number of esters is 1. The molecule has 1 amide bonds. The minimum Gasteiger partial charge on any atom is -0.452 e. The van der Waals surface area contributed by atoms with Gasteiger partial charge in [0.1, 0.15) is 11.1 Å². The van der Waals surface area contributed by atoms with Gasteiger partial charge < -0.3 is 14.1 Å². The van der Waals surface area contributed by atoms with Gasteiger partial charge >= 0.3 is 11.6 Å². The summed E-state index contributed by atoms with van der Waals surface area (Å²) in [6.07, 6.45) is 0.126. The van der Waals surface area contributed by atoms with Crippen molar-refractivity contribution in [1.29, 1.82) is 5.26 Å². The lowest BCUT2D eigenvalue weighted by Gasteiger charge is -2.22. The highest BCUT2D eigenvalue weighted by Gasteiger charge is 2.21. The first kappa shape index (κ1) is 20.8. The Morgan fingerprint density at radius 2 is 1.80 bits per heavy atom. The van der Waals surface area contributed by atoms with Crippen molar-refractivity contribution in [3.05, 3.63) is 75.6 Å². The van der Waals surface area contributed by atoms with E-state index < -0.39 is 24.1 Å². The summed E-state index contributed by atoms with van der Waals surface area (Å²) in [4.78, 5) is 38.6. The number of nitriles is 1. The van der Waals surface area contributed by atoms with E-state index in [4.69, 9.17) is 14.4 Å². The van der Waals surface area contributed by atoms with Crippen LogP contribution in [0.4, 0.5) is 5.69 Å². The van der Waals surface area contributed by atoms with Crippen LogP contribution in [0.25, 0.3) is 11.0 Å². The van der Waals surface area contributed by atoms with Crippen LogP contribution in [0.5, 0.6) is 0 Å². The van der Waals surface area contributed by atoms with Crippen LogP contribution >= 0.6 is 0 Å². The molecule has 1 heterocycles. The van der Waals surface area contributed by atoms with Crippen molar-refractivity contribution >= 4 is 28.5 Å². The van der Waals surface area contributed by atoms with Crippen molar-refractivity contribution in [3.63, 3.8) is 0 Å². The summed E-state index contributed by atoms with van der Waals surface area (Å²) >= 11 is 0. The molecule has 0 saturated carbocycles. The number of benzene rings is 2. The van der Waals surface area contributed by atoms with E-state index in [9.17, 15) is 14.4 Å². The lowest BCUT2D eigenvalue weighted by Crippen LogP contribution is -2.36. The van der Waals surface area contributed by atoms with Gasteiger partial charge in [-0.05, 0) is 49.2 Å². The van der Waals surface area contributed by atoms with Crippen LogP contribution < -0.4 is 10.5 Å². The van der Waals surface area contributed by atoms with Gasteiger partial charge in [-0.15, -0.1) is 0 Å². The van der Waals surface area contributed by atoms with E-state index in [0.717, 1.165) is 11.1 Å². The normalized spacial score (nSPS) is 10.4. The molecule has 0 fully saturated rings. The van der Waals surface area contributed by atoms with Crippen molar-refractivity contribution in [2.45, 2.75) is 20.3 Å². The molecule has 0 N–H and O–H groups in total. The van der Waals surface area contributed by atoms with E-state index in [2.05, 4.69) is 0 Å². The first-order valence-corrected chi connectivity index (χ1v) is 9.34. The lowest BCUT2D eigenvalue weighted by molar-refractivity contribution is -0.121. The van der Waals surface area contributed by atoms with Crippen molar-refractivity contribution in [2.75, 3.05) is 18.1 Å². The van der Waals surface area contributed by atoms with Crippen LogP contribution in [0, 0.1) is 25.2 Å². The van der Waals surface area contributed by atoms with Gasteiger partial charge in [-0.1, -0.05) is 24.3 Å². The molecule has 0 aliphatic heterocycles. The molecule has 0 bridgehead atoms. The number of para-hydroxylation sites is 1. The van der Waals surface area contributed by atoms with Gasteiger partial charge in [-0.25, -0.2) is 9.59 Å². The van der Waals surface area contributed by atoms with Gasteiger partial charge in [-0.3, -0.25) is 4.79 Å². The smallest absolute Gasteiger partial charge is 0.351 e. The molecular weight excluding hydrogens is 384 g/mol. The summed E-state index contributed by atoms with van der Waals surface area (Å²) in [7, 11) is 0. The lowest BCUT2D eigenvalue weighted by atomic mass is 10.1. The second-order valence-electron chi connectivity index (χ2n) is 6.86. The molecule has 30 heavy (non-hydrogen) atoms. The fraction of sp³-hybridized carbons (Fsp3) is 0.217. The monoisotopic (exact) mass is 404 g/mol. The van der Waals surface area contributed by atoms with Crippen molar-refractivity contribution in [1.82, 2.24) is 0 Å². The maximum absolute atomic E-state index is 12.7. The first-order chi connectivity index (χ1) is 14.4. The van der Waals surface area contributed by atoms with E-state index in [1.807, 2.05) is 38.1 Å². The van der Waals surface area contributed by atoms with Crippen LogP contribution in [-0.2, 0) is 9.53 Å². The van der Waals surface area contributed by atoms with Crippen LogP contribution in [0.2, 0.25) is 0 Å². The second kappa shape index (κ2) is 9.05. The SMILES string of the molecule is Cc1cc(C)cc(N(CCC#N)C(=O)COC(=O)c2cc3ccccc3oc2=O)c1. The average Bonchev–Trinajstić information content (AvgIpc) is 2.71. The van der Waals surface area contributed by atoms with Gasteiger partial charge in [-0.2, -0.15) is 5.26 Å². The fourth-order valence-electron chi connectivity index (χ4n) is 3.15. The highest BCUT2D eigenvalue weighted by atomic mass is 16.5. The summed E-state index contributed by atoms with van der Waals surface area (Å²) in [6, 6.07) is 15.8. The van der Waals surface area contributed by atoms with Crippen LogP contribution in [0.1, 0.15) is 27.9 Å². The van der Waals surface area contributed by atoms with Crippen molar-refractivity contribution < 1.29 is 18.7 Å². The van der Waals surface area contributed by atoms with Gasteiger partial charge in [0.05, 0.1) is 12.5 Å². The highest BCUT2D eigenvalue weighted by Crippen LogP contribution is 2.20. The molecule has 0 atom stereocenters. The maximum Gasteiger partial charge on any atom is 0.351 e. The molecule has 0 saturated heterocycles. The van der Waals surface area contributed by atoms with Crippen molar-refractivity contribution in [3.8, 4) is 6.07 Å². The third-order valence-electron chi connectivity index (χ3n) is 4.45. The Labute approximate surface area is 173 Å². The number of ether oxygens (including phenoxy) is 1. The number of carbonyl (C=O) groups excluding carboxylic acids is 2. The minimum absolute atomic E-state index is 0.126. The van der Waals surface area contributed by atoms with Crippen molar-refractivity contribution in [2.24, 2.45) is 0 Å². The van der Waals surface area contributed by atoms with Gasteiger partial charge in [0.15, 0.2) is 6.61 Å². The van der Waals surface area contributed by atoms with Gasteiger partial charge in [0.25, 0.3) is 5.91 Å². The Balaban J connectivity index is 1.78. The Kier molecular flexibility index (Phi) is 6.28. The molecule has 7 heteroatoms. The number of nitrogens with zero attached hydrogens (tertiary/aromatic N) is 2. The summed E-state index contributed by atoms with van der Waals surface area (Å²) in [6.45, 7) is 3.41. The number of aryl methyl sites for hydroxylation is 2. The summed E-state index contributed by atoms with van der Waals surface area (Å²) in [5.74, 6) is -1.43. The molecule has 0 spiro atoms. The fourth-order valence-corrected chi connectivity index (χ4v) is 3.15. The Morgan fingerprint density at radius 3 is 2.50 bits per heavy atom. The number of hydrogen-bond acceptors (Lipinski definition) is 6. The Morgan fingerprint density at radius 1 is 1.10 bits per heavy atom. The molecule has 3 aromatic rings. The van der Waals surface area contributed by atoms with E-state index >= 15 is 0 Å². The summed E-state index contributed by atoms with van der Waals surface area (Å²) in [5, 5.41) is 9.49. The molecule has 0 radical (unpaired) electrons. The molecule has 3 rings (SSSR count). The number of hydrogen-bond donors (Lipinski definition) is 0. The maximum atomic E-state index is 12.7. The quantitative estimate of drug-likeness (QED) is 0.460. The Bertz CT molecular complexity index is 1190. The summed E-state index contributed by atoms with van der Waals surface area (Å²) < 4.78 is 10.2. The molecule has 1 aromatic heterocycles. The Hall–Kier alpha value is -3.92. The average molecular weight is 404 g/mol. The summed E-state index contributed by atoms with van der Waals surface area (Å²) in [5.41, 5.74) is 1.79. The highest BCUT2D eigenvalue weighted by molar-refractivity contribution is 5.98. The predicted molar refractivity (Wildman–Crippen MR) is 111 cm³/mol. The predicted octanol–water partition coefficient (Wildman–Crippen LogP) is 3.51. The zero-order chi connectivity index (χ0) is 21.7. The van der Waals surface area contributed by atoms with Crippen LogP contribution in [-0.4, -0.2) is 25.0 Å². The second-order valence-corrected chi connectivity index (χ2v) is 6.86. The molecule has 152 valence electrons. The standard InChI is InChI=1S/C23H20N2O5/c1-15-10-16(2)12-18(11-15)25(9-5-8-24)21(26)14-29-22(27)19-13-17-6-3-4-7-20(17)30-23(19)28/h3-4,6-7,10-13H,5,9,14H2,1-2H3. The minimum atomic E-state index is -0.941. The molecule has 7 nitrogen and oxygen atoms in total. The van der Waals surface area contributed by atoms with E-state index in [1.165, 1.54) is 11.0 Å². The van der Waals surface area contributed by atoms with Crippen LogP contribution in [0.15, 0.2) is 57.7 Å². The number of fused-ring (bicyclic) bond motifs is 1. The number of anilines is 1. The third kappa shape index (κ3) is 4.73. The van der Waals surface area contributed by atoms with E-state index in [-0.39, 0.29) is 18.5 Å². The molecule has 0 unspecified atom stereocenters. The molecule has 2 aromatic carbocycles. The van der Waals surface area contributed by atoms with Gasteiger partial charge in [0.2, 0.25) is 0 Å². The zero-order valence-corrected chi connectivity index (χ0v) is 16.7. The van der Waals surface area contributed by atoms with Crippen LogP contribution in [0.3, 0.4) is 0 Å². The first-order valence-electron chi connectivity index (χ1n) is 9.34. The largest absolute Gasteiger partial charge is 0.452 e. The third-order valence-corrected chi connectivity index (χ3v) is 4.45. The van der Waals surface area contributed by atoms with E-state index in [0.29, 0.717) is 16.7 Å². The number of carbonyl (C=O) groups is 2. The topological polar surface area (TPSA) is 101 Å². The number of amides is 1. The molecule has 0 aliphatic carbocycles. The van der Waals surface area contributed by atoms with E-state index in [1.54, 1.807) is 24.3 Å². The molecular formula is C23H20N2O5. The molecule has 0 aliphatic rings.